The molecular formula is C15H14N2O. The van der Waals surface area contributed by atoms with Crippen LogP contribution < -0.4 is 0 Å². The first-order valence-electron chi connectivity index (χ1n) is 5.64. The summed E-state index contributed by atoms with van der Waals surface area (Å²) in [5.74, 6) is -0.0188. The Balaban J connectivity index is 2.11. The average molecular weight is 238 g/mol. The van der Waals surface area contributed by atoms with Crippen LogP contribution >= 0.6 is 0 Å². The summed E-state index contributed by atoms with van der Waals surface area (Å²) in [4.78, 5) is 0. The fourth-order valence-electron chi connectivity index (χ4n) is 1.60. The smallest absolute Gasteiger partial charge is 0.221 e. The molecule has 2 N–H and O–H groups in total. The number of benzene rings is 2. The molecule has 3 nitrogen and oxygen atoms in total. The van der Waals surface area contributed by atoms with Gasteiger partial charge in [0.25, 0.3) is 0 Å². The van der Waals surface area contributed by atoms with Gasteiger partial charge in [0.1, 0.15) is 0 Å². The molecule has 0 radical (unpaired) electrons. The van der Waals surface area contributed by atoms with Gasteiger partial charge in [-0.2, -0.15) is 0 Å². The van der Waals surface area contributed by atoms with Crippen molar-refractivity contribution >= 4 is 11.8 Å². The van der Waals surface area contributed by atoms with E-state index in [2.05, 4.69) is 0 Å². The Morgan fingerprint density at radius 1 is 0.833 bits per heavy atom. The van der Waals surface area contributed by atoms with Crippen molar-refractivity contribution in [3.05, 3.63) is 71.3 Å². The molecule has 0 spiro atoms. The maximum atomic E-state index is 7.84. The Hall–Kier alpha value is -2.42. The second-order valence-corrected chi connectivity index (χ2v) is 4.00. The third-order valence-corrected chi connectivity index (χ3v) is 2.52. The highest BCUT2D eigenvalue weighted by atomic mass is 16.5. The van der Waals surface area contributed by atoms with Crippen LogP contribution in [-0.2, 0) is 4.74 Å². The zero-order valence-corrected chi connectivity index (χ0v) is 10.1. The Morgan fingerprint density at radius 3 is 2.11 bits per heavy atom. The van der Waals surface area contributed by atoms with E-state index in [1.807, 2.05) is 43.3 Å². The van der Waals surface area contributed by atoms with Crippen LogP contribution in [0, 0.1) is 17.7 Å². The molecule has 0 saturated carbocycles. The predicted octanol–water partition coefficient (Wildman–Crippen LogP) is 3.36. The van der Waals surface area contributed by atoms with Crippen molar-refractivity contribution < 1.29 is 4.74 Å². The zero-order valence-electron chi connectivity index (χ0n) is 10.1. The molecule has 3 heteroatoms. The van der Waals surface area contributed by atoms with Crippen molar-refractivity contribution in [3.8, 4) is 0 Å². The Kier molecular flexibility index (Phi) is 3.53. The summed E-state index contributed by atoms with van der Waals surface area (Å²) in [6.07, 6.45) is 0. The first kappa shape index (κ1) is 12.0. The highest BCUT2D eigenvalue weighted by molar-refractivity contribution is 6.04. The van der Waals surface area contributed by atoms with Crippen LogP contribution in [0.2, 0.25) is 0 Å². The number of nitrogens with one attached hydrogen (secondary N) is 2. The summed E-state index contributed by atoms with van der Waals surface area (Å²) >= 11 is 0. The molecule has 0 fully saturated rings. The van der Waals surface area contributed by atoms with Gasteiger partial charge in [0.05, 0.1) is 0 Å². The molecule has 0 aliphatic heterocycles. The topological polar surface area (TPSA) is 56.9 Å². The molecule has 90 valence electrons. The van der Waals surface area contributed by atoms with Gasteiger partial charge in [-0.1, -0.05) is 35.9 Å². The summed E-state index contributed by atoms with van der Waals surface area (Å²) in [6.45, 7) is 1.96. The van der Waals surface area contributed by atoms with Gasteiger partial charge in [0.2, 0.25) is 11.8 Å². The SMILES string of the molecule is Cc1cccc(C(=N)OC(=N)c2ccccc2)c1. The Bertz CT molecular complexity index is 576. The standard InChI is InChI=1S/C15H14N2O/c1-11-6-5-9-13(10-11)15(17)18-14(16)12-7-3-2-4-8-12/h2-10,16-17H,1H3. The molecule has 2 aromatic carbocycles. The molecule has 0 aliphatic carbocycles. The van der Waals surface area contributed by atoms with Crippen molar-refractivity contribution in [2.75, 3.05) is 0 Å². The minimum atomic E-state index is -0.0119. The molecule has 0 unspecified atom stereocenters. The fraction of sp³-hybridized carbons (Fsp3) is 0.0667. The first-order valence-corrected chi connectivity index (χ1v) is 5.64. The molecule has 2 aromatic rings. The van der Waals surface area contributed by atoms with Crippen molar-refractivity contribution in [3.63, 3.8) is 0 Å². The van der Waals surface area contributed by atoms with Crippen LogP contribution in [0.4, 0.5) is 0 Å². The number of hydrogen-bond acceptors (Lipinski definition) is 3. The van der Waals surface area contributed by atoms with E-state index in [1.165, 1.54) is 0 Å². The van der Waals surface area contributed by atoms with Crippen molar-refractivity contribution in [1.29, 1.82) is 10.8 Å². The third-order valence-electron chi connectivity index (χ3n) is 2.52. The molecule has 0 saturated heterocycles. The maximum Gasteiger partial charge on any atom is 0.221 e. The van der Waals surface area contributed by atoms with E-state index in [4.69, 9.17) is 15.6 Å². The second-order valence-electron chi connectivity index (χ2n) is 4.00. The lowest BCUT2D eigenvalue weighted by molar-refractivity contribution is 0.538. The van der Waals surface area contributed by atoms with Gasteiger partial charge in [-0.05, 0) is 31.2 Å². The van der Waals surface area contributed by atoms with E-state index in [0.717, 1.165) is 5.56 Å². The monoisotopic (exact) mass is 238 g/mol. The first-order chi connectivity index (χ1) is 8.66. The second kappa shape index (κ2) is 5.27. The van der Waals surface area contributed by atoms with Crippen LogP contribution in [0.1, 0.15) is 16.7 Å². The molecule has 0 heterocycles. The molecule has 0 atom stereocenters. The molecule has 2 rings (SSSR count). The Labute approximate surface area is 106 Å². The highest BCUT2D eigenvalue weighted by Crippen LogP contribution is 2.08. The van der Waals surface area contributed by atoms with Gasteiger partial charge in [-0.3, -0.25) is 10.8 Å². The number of hydrogen-bond donors (Lipinski definition) is 2. The Morgan fingerprint density at radius 2 is 1.44 bits per heavy atom. The van der Waals surface area contributed by atoms with Gasteiger partial charge < -0.3 is 4.74 Å². The van der Waals surface area contributed by atoms with Gasteiger partial charge in [0.15, 0.2) is 0 Å². The van der Waals surface area contributed by atoms with Gasteiger partial charge in [-0.15, -0.1) is 0 Å². The number of rotatable bonds is 2. The fourth-order valence-corrected chi connectivity index (χ4v) is 1.60. The summed E-state index contributed by atoms with van der Waals surface area (Å²) in [5, 5.41) is 15.6. The van der Waals surface area contributed by atoms with Crippen LogP contribution in [0.15, 0.2) is 54.6 Å². The quantitative estimate of drug-likeness (QED) is 0.611. The van der Waals surface area contributed by atoms with Crippen LogP contribution in [0.25, 0.3) is 0 Å². The maximum absolute atomic E-state index is 7.84. The lowest BCUT2D eigenvalue weighted by Crippen LogP contribution is -2.12. The number of ether oxygens (including phenoxy) is 1. The van der Waals surface area contributed by atoms with Crippen molar-refractivity contribution in [2.24, 2.45) is 0 Å². The zero-order chi connectivity index (χ0) is 13.0. The lowest BCUT2D eigenvalue weighted by atomic mass is 10.1. The van der Waals surface area contributed by atoms with E-state index in [0.29, 0.717) is 11.1 Å². The van der Waals surface area contributed by atoms with E-state index in [-0.39, 0.29) is 11.8 Å². The molecule has 0 bridgehead atoms. The van der Waals surface area contributed by atoms with Gasteiger partial charge in [0, 0.05) is 11.1 Å². The minimum Gasteiger partial charge on any atom is -0.421 e. The normalized spacial score (nSPS) is 9.83. The van der Waals surface area contributed by atoms with E-state index in [9.17, 15) is 0 Å². The number of aryl methyl sites for hydroxylation is 1. The van der Waals surface area contributed by atoms with Crippen molar-refractivity contribution in [1.82, 2.24) is 0 Å². The molecule has 0 aromatic heterocycles. The lowest BCUT2D eigenvalue weighted by Gasteiger charge is -2.08. The summed E-state index contributed by atoms with van der Waals surface area (Å²) in [7, 11) is 0. The summed E-state index contributed by atoms with van der Waals surface area (Å²) in [6, 6.07) is 16.6. The molecular weight excluding hydrogens is 224 g/mol. The van der Waals surface area contributed by atoms with E-state index < -0.39 is 0 Å². The van der Waals surface area contributed by atoms with Gasteiger partial charge >= 0.3 is 0 Å². The van der Waals surface area contributed by atoms with Crippen LogP contribution in [0.3, 0.4) is 0 Å². The van der Waals surface area contributed by atoms with Crippen LogP contribution in [-0.4, -0.2) is 11.8 Å². The predicted molar refractivity (Wildman–Crippen MR) is 72.4 cm³/mol. The third kappa shape index (κ3) is 2.83. The van der Waals surface area contributed by atoms with Gasteiger partial charge in [-0.25, -0.2) is 0 Å². The van der Waals surface area contributed by atoms with E-state index >= 15 is 0 Å². The largest absolute Gasteiger partial charge is 0.421 e. The average Bonchev–Trinajstić information content (AvgIpc) is 2.39. The van der Waals surface area contributed by atoms with Crippen LogP contribution in [0.5, 0.6) is 0 Å². The molecule has 0 aliphatic rings. The molecule has 0 amide bonds. The summed E-state index contributed by atoms with van der Waals surface area (Å²) < 4.78 is 5.24. The van der Waals surface area contributed by atoms with Crippen molar-refractivity contribution in [2.45, 2.75) is 6.92 Å². The highest BCUT2D eigenvalue weighted by Gasteiger charge is 2.08. The minimum absolute atomic E-state index is 0.00690. The summed E-state index contributed by atoms with van der Waals surface area (Å²) in [5.41, 5.74) is 2.40. The van der Waals surface area contributed by atoms with E-state index in [1.54, 1.807) is 18.2 Å². The molecule has 18 heavy (non-hydrogen) atoms.